The number of aliphatic hydroxyl groups is 1. The Morgan fingerprint density at radius 1 is 0.810 bits per heavy atom. The zero-order chi connectivity index (χ0) is 14.9. The summed E-state index contributed by atoms with van der Waals surface area (Å²) in [6.45, 7) is 2.62. The minimum atomic E-state index is -3.51. The van der Waals surface area contributed by atoms with Crippen LogP contribution < -0.4 is 113 Å². The molecule has 0 aliphatic heterocycles. The SMILES string of the molecule is CCCCCCCCCCCO.O=[PH]([O-])O[PH](=O)[O-].[K+].[K+]. The van der Waals surface area contributed by atoms with Crippen LogP contribution in [0.15, 0.2) is 0 Å². The van der Waals surface area contributed by atoms with Gasteiger partial charge in [-0.3, -0.25) is 4.31 Å². The molecule has 2 unspecified atom stereocenters. The number of unbranched alkanes of at least 4 members (excludes halogenated alkanes) is 8. The molecule has 1 N–H and O–H groups in total. The first-order valence-electron chi connectivity index (χ1n) is 6.75. The van der Waals surface area contributed by atoms with Gasteiger partial charge < -0.3 is 24.0 Å². The summed E-state index contributed by atoms with van der Waals surface area (Å²) in [5.41, 5.74) is 0. The Bertz CT molecular complexity index is 213. The number of hydrogen-bond donors (Lipinski definition) is 1. The summed E-state index contributed by atoms with van der Waals surface area (Å²) < 4.78 is 21.8. The molecule has 0 fully saturated rings. The Labute approximate surface area is 214 Å². The molecule has 0 aromatic heterocycles. The van der Waals surface area contributed by atoms with Crippen LogP contribution in [-0.4, -0.2) is 11.7 Å². The van der Waals surface area contributed by atoms with Crippen molar-refractivity contribution in [1.29, 1.82) is 0 Å². The van der Waals surface area contributed by atoms with Gasteiger partial charge in [-0.15, -0.1) is 0 Å². The Morgan fingerprint density at radius 2 is 1.14 bits per heavy atom. The predicted octanol–water partition coefficient (Wildman–Crippen LogP) is -3.98. The van der Waals surface area contributed by atoms with Crippen LogP contribution in [0.2, 0.25) is 0 Å². The second kappa shape index (κ2) is 28.4. The molecular formula is C11H26K2O6P2. The van der Waals surface area contributed by atoms with Crippen LogP contribution in [0.5, 0.6) is 0 Å². The van der Waals surface area contributed by atoms with Crippen molar-refractivity contribution in [3.63, 3.8) is 0 Å². The minimum Gasteiger partial charge on any atom is -0.781 e. The Kier molecular flexibility index (Phi) is 43.6. The molecule has 21 heavy (non-hydrogen) atoms. The molecule has 10 heteroatoms. The first-order chi connectivity index (χ1) is 9.04. The largest absolute Gasteiger partial charge is 1.00 e. The maximum Gasteiger partial charge on any atom is 1.00 e. The van der Waals surface area contributed by atoms with Crippen molar-refractivity contribution < 1.29 is 131 Å². The van der Waals surface area contributed by atoms with E-state index < -0.39 is 16.5 Å². The molecule has 0 saturated heterocycles. The normalized spacial score (nSPS) is 12.2. The monoisotopic (exact) mass is 394 g/mol. The summed E-state index contributed by atoms with van der Waals surface area (Å²) in [4.78, 5) is 18.6. The Balaban J connectivity index is -0.000000140. The van der Waals surface area contributed by atoms with Gasteiger partial charge in [0.25, 0.3) is 0 Å². The van der Waals surface area contributed by atoms with Crippen molar-refractivity contribution in [1.82, 2.24) is 0 Å². The second-order valence-corrected chi connectivity index (χ2v) is 5.97. The third kappa shape index (κ3) is 39.9. The number of aliphatic hydroxyl groups excluding tert-OH is 1. The molecule has 0 aliphatic rings. The standard InChI is InChI=1S/C11H24O.2K.H4O5P2/c1-2-3-4-5-6-7-8-9-10-11-12;;;1-6(2)5-7(3)4/h12H,2-11H2,1H3;;;6-7H,(H,1,2)(H,3,4)/q;2*+1;/p-2. The average molecular weight is 394 g/mol. The molecule has 118 valence electrons. The van der Waals surface area contributed by atoms with Crippen LogP contribution >= 0.6 is 16.5 Å². The van der Waals surface area contributed by atoms with E-state index >= 15 is 0 Å². The summed E-state index contributed by atoms with van der Waals surface area (Å²) in [5, 5.41) is 8.54. The summed E-state index contributed by atoms with van der Waals surface area (Å²) in [6.07, 6.45) is 11.8. The Morgan fingerprint density at radius 3 is 1.38 bits per heavy atom. The van der Waals surface area contributed by atoms with E-state index in [2.05, 4.69) is 11.2 Å². The van der Waals surface area contributed by atoms with Gasteiger partial charge in [-0.05, 0) is 6.42 Å². The van der Waals surface area contributed by atoms with Gasteiger partial charge in [0.05, 0.1) is 0 Å². The zero-order valence-electron chi connectivity index (χ0n) is 13.6. The molecule has 0 rings (SSSR count). The number of rotatable bonds is 11. The van der Waals surface area contributed by atoms with Gasteiger partial charge in [-0.1, -0.05) is 58.3 Å². The van der Waals surface area contributed by atoms with Crippen LogP contribution in [-0.2, 0) is 13.4 Å². The summed E-state index contributed by atoms with van der Waals surface area (Å²) in [5.74, 6) is 0. The maximum absolute atomic E-state index is 9.29. The van der Waals surface area contributed by atoms with Crippen LogP contribution in [0.4, 0.5) is 0 Å². The average Bonchev–Trinajstić information content (AvgIpc) is 2.32. The van der Waals surface area contributed by atoms with E-state index in [0.29, 0.717) is 6.61 Å². The van der Waals surface area contributed by atoms with Gasteiger partial charge in [-0.25, -0.2) is 0 Å². The number of hydrogen-bond acceptors (Lipinski definition) is 6. The van der Waals surface area contributed by atoms with Crippen molar-refractivity contribution in [2.75, 3.05) is 6.61 Å². The molecule has 0 aromatic rings. The molecule has 0 amide bonds. The van der Waals surface area contributed by atoms with E-state index in [0.717, 1.165) is 6.42 Å². The molecule has 2 atom stereocenters. The molecule has 0 aromatic carbocycles. The minimum absolute atomic E-state index is 0. The molecule has 0 radical (unpaired) electrons. The van der Waals surface area contributed by atoms with Gasteiger partial charge in [0, 0.05) is 6.61 Å². The summed E-state index contributed by atoms with van der Waals surface area (Å²) in [6, 6.07) is 0. The fourth-order valence-corrected chi connectivity index (χ4v) is 2.03. The van der Waals surface area contributed by atoms with Crippen LogP contribution in [0.1, 0.15) is 64.7 Å². The van der Waals surface area contributed by atoms with Crippen molar-refractivity contribution in [3.8, 4) is 0 Å². The molecule has 0 heterocycles. The predicted molar refractivity (Wildman–Crippen MR) is 73.4 cm³/mol. The smallest absolute Gasteiger partial charge is 0.781 e. The first kappa shape index (κ1) is 32.3. The Hall–Kier alpha value is 3.57. The van der Waals surface area contributed by atoms with E-state index in [-0.39, 0.29) is 103 Å². The van der Waals surface area contributed by atoms with Gasteiger partial charge >= 0.3 is 103 Å². The molecule has 0 spiro atoms. The van der Waals surface area contributed by atoms with E-state index in [1.807, 2.05) is 0 Å². The first-order valence-corrected chi connectivity index (χ1v) is 9.20. The van der Waals surface area contributed by atoms with Gasteiger partial charge in [-0.2, -0.15) is 0 Å². The van der Waals surface area contributed by atoms with Gasteiger partial charge in [0.1, 0.15) is 16.5 Å². The third-order valence-electron chi connectivity index (χ3n) is 2.43. The van der Waals surface area contributed by atoms with Gasteiger partial charge in [0.15, 0.2) is 0 Å². The maximum atomic E-state index is 9.29. The van der Waals surface area contributed by atoms with Crippen molar-refractivity contribution in [2.45, 2.75) is 64.7 Å². The molecule has 6 nitrogen and oxygen atoms in total. The van der Waals surface area contributed by atoms with E-state index in [9.17, 15) is 18.9 Å². The van der Waals surface area contributed by atoms with Crippen LogP contribution in [0, 0.1) is 0 Å². The quantitative estimate of drug-likeness (QED) is 0.217. The van der Waals surface area contributed by atoms with Crippen molar-refractivity contribution >= 4 is 16.5 Å². The molecular weight excluding hydrogens is 368 g/mol. The summed E-state index contributed by atoms with van der Waals surface area (Å²) >= 11 is 0. The molecule has 0 saturated carbocycles. The zero-order valence-corrected chi connectivity index (χ0v) is 21.8. The van der Waals surface area contributed by atoms with Crippen LogP contribution in [0.25, 0.3) is 0 Å². The van der Waals surface area contributed by atoms with E-state index in [1.165, 1.54) is 51.4 Å². The van der Waals surface area contributed by atoms with E-state index in [1.54, 1.807) is 0 Å². The van der Waals surface area contributed by atoms with Gasteiger partial charge in [0.2, 0.25) is 0 Å². The topological polar surface area (TPSA) is 110 Å². The molecule has 0 aliphatic carbocycles. The fraction of sp³-hybridized carbons (Fsp3) is 1.00. The van der Waals surface area contributed by atoms with Crippen molar-refractivity contribution in [3.05, 3.63) is 0 Å². The third-order valence-corrected chi connectivity index (χ3v) is 3.76. The second-order valence-electron chi connectivity index (χ2n) is 4.15. The van der Waals surface area contributed by atoms with Crippen molar-refractivity contribution in [2.24, 2.45) is 0 Å². The fourth-order valence-electron chi connectivity index (χ4n) is 1.49. The summed E-state index contributed by atoms with van der Waals surface area (Å²) in [7, 11) is -7.03. The van der Waals surface area contributed by atoms with E-state index in [4.69, 9.17) is 5.11 Å². The van der Waals surface area contributed by atoms with Crippen LogP contribution in [0.3, 0.4) is 0 Å². The molecule has 0 bridgehead atoms.